The van der Waals surface area contributed by atoms with Crippen molar-refractivity contribution >= 4 is 26.5 Å². The van der Waals surface area contributed by atoms with Crippen molar-refractivity contribution < 1.29 is 27.0 Å². The Morgan fingerprint density at radius 3 is 2.16 bits per heavy atom. The van der Waals surface area contributed by atoms with Gasteiger partial charge in [0.1, 0.15) is 4.90 Å². The lowest BCUT2D eigenvalue weighted by Crippen LogP contribution is -2.16. The summed E-state index contributed by atoms with van der Waals surface area (Å²) in [7, 11) is 0.648. The van der Waals surface area contributed by atoms with Crippen LogP contribution in [-0.2, 0) is 9.84 Å². The van der Waals surface area contributed by atoms with Crippen LogP contribution in [0.25, 0.3) is 11.0 Å². The second-order valence-electron chi connectivity index (χ2n) is 6.76. The SMILES string of the molecule is COc1ccc(N=c2oc3c(OC)cccc3cc2S(=O)(=O)c2ccccc2)cc1OC. The topological polar surface area (TPSA) is 87.3 Å². The van der Waals surface area contributed by atoms with E-state index in [1.807, 2.05) is 0 Å². The van der Waals surface area contributed by atoms with E-state index in [-0.39, 0.29) is 15.3 Å². The number of benzene rings is 3. The van der Waals surface area contributed by atoms with E-state index in [2.05, 4.69) is 4.99 Å². The van der Waals surface area contributed by atoms with Crippen LogP contribution in [0.3, 0.4) is 0 Å². The smallest absolute Gasteiger partial charge is 0.239 e. The van der Waals surface area contributed by atoms with Crippen molar-refractivity contribution in [3.05, 3.63) is 78.4 Å². The quantitative estimate of drug-likeness (QED) is 0.428. The first-order chi connectivity index (χ1) is 15.5. The van der Waals surface area contributed by atoms with Crippen molar-refractivity contribution in [1.29, 1.82) is 0 Å². The number of sulfone groups is 1. The normalized spacial score (nSPS) is 12.0. The molecule has 7 nitrogen and oxygen atoms in total. The van der Waals surface area contributed by atoms with Crippen molar-refractivity contribution in [1.82, 2.24) is 0 Å². The van der Waals surface area contributed by atoms with Gasteiger partial charge in [0.15, 0.2) is 22.8 Å². The predicted octanol–water partition coefficient (Wildman–Crippen LogP) is 4.52. The molecule has 3 aromatic carbocycles. The first-order valence-corrected chi connectivity index (χ1v) is 11.1. The largest absolute Gasteiger partial charge is 0.493 e. The van der Waals surface area contributed by atoms with E-state index >= 15 is 0 Å². The predicted molar refractivity (Wildman–Crippen MR) is 119 cm³/mol. The van der Waals surface area contributed by atoms with Gasteiger partial charge in [0.25, 0.3) is 0 Å². The fourth-order valence-electron chi connectivity index (χ4n) is 3.28. The number of para-hydroxylation sites is 1. The van der Waals surface area contributed by atoms with Crippen LogP contribution in [0.2, 0.25) is 0 Å². The van der Waals surface area contributed by atoms with Crippen LogP contribution in [0, 0.1) is 0 Å². The highest BCUT2D eigenvalue weighted by atomic mass is 32.2. The molecular weight excluding hydrogens is 430 g/mol. The molecule has 0 saturated carbocycles. The molecule has 0 amide bonds. The van der Waals surface area contributed by atoms with Crippen LogP contribution in [0.15, 0.2) is 92.0 Å². The lowest BCUT2D eigenvalue weighted by atomic mass is 10.2. The third-order valence-corrected chi connectivity index (χ3v) is 6.63. The van der Waals surface area contributed by atoms with Crippen LogP contribution in [-0.4, -0.2) is 29.7 Å². The molecule has 0 bridgehead atoms. The summed E-state index contributed by atoms with van der Waals surface area (Å²) in [5.41, 5.74) is 0.754. The highest BCUT2D eigenvalue weighted by Crippen LogP contribution is 2.32. The average Bonchev–Trinajstić information content (AvgIpc) is 2.83. The molecule has 1 heterocycles. The summed E-state index contributed by atoms with van der Waals surface area (Å²) in [6.45, 7) is 0. The summed E-state index contributed by atoms with van der Waals surface area (Å²) in [4.78, 5) is 4.59. The zero-order valence-electron chi connectivity index (χ0n) is 17.7. The molecule has 0 spiro atoms. The van der Waals surface area contributed by atoms with Gasteiger partial charge in [-0.2, -0.15) is 0 Å². The lowest BCUT2D eigenvalue weighted by molar-refractivity contribution is 0.355. The lowest BCUT2D eigenvalue weighted by Gasteiger charge is -2.10. The maximum absolute atomic E-state index is 13.5. The Bertz CT molecular complexity index is 1440. The van der Waals surface area contributed by atoms with Crippen molar-refractivity contribution in [3.8, 4) is 17.2 Å². The summed E-state index contributed by atoms with van der Waals surface area (Å²) >= 11 is 0. The zero-order chi connectivity index (χ0) is 22.7. The number of nitrogens with zero attached hydrogens (tertiary/aromatic N) is 1. The molecule has 0 radical (unpaired) electrons. The molecule has 1 aromatic heterocycles. The molecule has 0 unspecified atom stereocenters. The van der Waals surface area contributed by atoms with E-state index in [1.54, 1.807) is 60.7 Å². The summed E-state index contributed by atoms with van der Waals surface area (Å²) in [5.74, 6) is 1.45. The third kappa shape index (κ3) is 3.92. The van der Waals surface area contributed by atoms with Crippen LogP contribution in [0.4, 0.5) is 5.69 Å². The van der Waals surface area contributed by atoms with Crippen molar-refractivity contribution in [2.24, 2.45) is 4.99 Å². The Kier molecular flexibility index (Phi) is 5.87. The van der Waals surface area contributed by atoms with Crippen LogP contribution >= 0.6 is 0 Å². The van der Waals surface area contributed by atoms with Gasteiger partial charge in [0, 0.05) is 11.5 Å². The van der Waals surface area contributed by atoms with Crippen LogP contribution in [0.1, 0.15) is 0 Å². The van der Waals surface area contributed by atoms with Gasteiger partial charge < -0.3 is 18.6 Å². The Labute approximate surface area is 185 Å². The van der Waals surface area contributed by atoms with E-state index in [4.69, 9.17) is 18.6 Å². The van der Waals surface area contributed by atoms with Gasteiger partial charge in [0.05, 0.1) is 31.9 Å². The molecule has 8 heteroatoms. The Morgan fingerprint density at radius 2 is 1.47 bits per heavy atom. The third-order valence-electron chi connectivity index (χ3n) is 4.87. The minimum Gasteiger partial charge on any atom is -0.493 e. The molecule has 0 aliphatic rings. The minimum absolute atomic E-state index is 0.0563. The van der Waals surface area contributed by atoms with Gasteiger partial charge in [0.2, 0.25) is 15.4 Å². The van der Waals surface area contributed by atoms with Gasteiger partial charge in [-0.25, -0.2) is 13.4 Å². The Hall–Kier alpha value is -3.78. The highest BCUT2D eigenvalue weighted by Gasteiger charge is 2.23. The second kappa shape index (κ2) is 8.76. The molecule has 164 valence electrons. The van der Waals surface area contributed by atoms with Gasteiger partial charge in [-0.1, -0.05) is 30.3 Å². The first-order valence-electron chi connectivity index (χ1n) is 9.65. The maximum atomic E-state index is 13.5. The number of fused-ring (bicyclic) bond motifs is 1. The minimum atomic E-state index is -3.91. The summed E-state index contributed by atoms with van der Waals surface area (Å²) in [6.07, 6.45) is 0. The van der Waals surface area contributed by atoms with E-state index in [9.17, 15) is 8.42 Å². The number of methoxy groups -OCH3 is 3. The van der Waals surface area contributed by atoms with E-state index < -0.39 is 9.84 Å². The maximum Gasteiger partial charge on any atom is 0.239 e. The van der Waals surface area contributed by atoms with Gasteiger partial charge in [-0.05, 0) is 36.4 Å². The van der Waals surface area contributed by atoms with Crippen LogP contribution < -0.4 is 19.8 Å². The van der Waals surface area contributed by atoms with Crippen molar-refractivity contribution in [2.75, 3.05) is 21.3 Å². The van der Waals surface area contributed by atoms with Gasteiger partial charge in [-0.3, -0.25) is 0 Å². The fourth-order valence-corrected chi connectivity index (χ4v) is 4.64. The summed E-state index contributed by atoms with van der Waals surface area (Å²) in [5, 5.41) is 0.574. The van der Waals surface area contributed by atoms with Crippen molar-refractivity contribution in [3.63, 3.8) is 0 Å². The standard InChI is InChI=1S/C24H21NO6S/c1-28-19-13-12-17(15-21(19)30-3)25-24-22(32(26,27)18-9-5-4-6-10-18)14-16-8-7-11-20(29-2)23(16)31-24/h4-15H,1-3H3. The molecule has 0 fully saturated rings. The number of hydrogen-bond acceptors (Lipinski definition) is 7. The summed E-state index contributed by atoms with van der Waals surface area (Å²) in [6, 6.07) is 20.0. The number of rotatable bonds is 6. The van der Waals surface area contributed by atoms with Crippen molar-refractivity contribution in [2.45, 2.75) is 9.79 Å². The molecule has 0 aliphatic heterocycles. The number of hydrogen-bond donors (Lipinski definition) is 0. The second-order valence-corrected chi connectivity index (χ2v) is 8.68. The average molecular weight is 452 g/mol. The fraction of sp³-hybridized carbons (Fsp3) is 0.125. The highest BCUT2D eigenvalue weighted by molar-refractivity contribution is 7.91. The monoisotopic (exact) mass is 451 g/mol. The first kappa shape index (κ1) is 21.5. The Morgan fingerprint density at radius 1 is 0.750 bits per heavy atom. The Balaban J connectivity index is 2.04. The molecular formula is C24H21NO6S. The van der Waals surface area contributed by atoms with Gasteiger partial charge in [-0.15, -0.1) is 0 Å². The van der Waals surface area contributed by atoms with E-state index in [0.29, 0.717) is 33.9 Å². The molecule has 0 N–H and O–H groups in total. The van der Waals surface area contributed by atoms with E-state index in [1.165, 1.54) is 33.5 Å². The van der Waals surface area contributed by atoms with E-state index in [0.717, 1.165) is 0 Å². The molecule has 4 aromatic rings. The summed E-state index contributed by atoms with van der Waals surface area (Å²) < 4.78 is 48.9. The molecule has 0 atom stereocenters. The molecule has 32 heavy (non-hydrogen) atoms. The molecule has 0 saturated heterocycles. The zero-order valence-corrected chi connectivity index (χ0v) is 18.5. The molecule has 4 rings (SSSR count). The van der Waals surface area contributed by atoms with Gasteiger partial charge >= 0.3 is 0 Å². The molecule has 0 aliphatic carbocycles. The van der Waals surface area contributed by atoms with Crippen LogP contribution in [0.5, 0.6) is 17.2 Å². The number of ether oxygens (including phenoxy) is 3.